The average molecular weight is 323 g/mol. The van der Waals surface area contributed by atoms with Crippen molar-refractivity contribution in [2.24, 2.45) is 0 Å². The van der Waals surface area contributed by atoms with Crippen molar-refractivity contribution in [3.8, 4) is 5.75 Å². The van der Waals surface area contributed by atoms with Crippen molar-refractivity contribution in [2.75, 3.05) is 0 Å². The van der Waals surface area contributed by atoms with Crippen LogP contribution in [0.4, 0.5) is 13.2 Å². The smallest absolute Gasteiger partial charge is 0.342 e. The predicted molar refractivity (Wildman–Crippen MR) is 65.6 cm³/mol. The molecule has 2 rings (SSSR count). The van der Waals surface area contributed by atoms with Gasteiger partial charge in [-0.1, -0.05) is 11.6 Å². The topological polar surface area (TPSA) is 43.4 Å². The second-order valence-corrected chi connectivity index (χ2v) is 5.64. The van der Waals surface area contributed by atoms with Crippen LogP contribution in [0.5, 0.6) is 5.75 Å². The zero-order chi connectivity index (χ0) is 14.9. The first-order valence-corrected chi connectivity index (χ1v) is 6.93. The van der Waals surface area contributed by atoms with Gasteiger partial charge >= 0.3 is 10.1 Å². The van der Waals surface area contributed by atoms with E-state index in [1.165, 1.54) is 0 Å². The molecule has 0 unspecified atom stereocenters. The van der Waals surface area contributed by atoms with Gasteiger partial charge in [0.25, 0.3) is 0 Å². The fourth-order valence-electron chi connectivity index (χ4n) is 1.38. The molecule has 2 aromatic rings. The third kappa shape index (κ3) is 3.05. The molecule has 0 spiro atoms. The minimum atomic E-state index is -4.51. The van der Waals surface area contributed by atoms with Gasteiger partial charge in [0.15, 0.2) is 11.6 Å². The third-order valence-corrected chi connectivity index (χ3v) is 3.78. The van der Waals surface area contributed by atoms with Crippen LogP contribution in [0, 0.1) is 17.5 Å². The van der Waals surface area contributed by atoms with Gasteiger partial charge in [0, 0.05) is 11.1 Å². The Morgan fingerprint density at radius 1 is 0.900 bits per heavy atom. The summed E-state index contributed by atoms with van der Waals surface area (Å²) in [5, 5.41) is 0.00859. The molecule has 0 saturated carbocycles. The minimum absolute atomic E-state index is 0.00859. The average Bonchev–Trinajstić information content (AvgIpc) is 2.33. The molecule has 0 N–H and O–H groups in total. The van der Waals surface area contributed by atoms with Crippen LogP contribution < -0.4 is 4.18 Å². The van der Waals surface area contributed by atoms with Crippen molar-refractivity contribution in [3.63, 3.8) is 0 Å². The lowest BCUT2D eigenvalue weighted by Gasteiger charge is -2.08. The molecular weight excluding hydrogens is 317 g/mol. The zero-order valence-corrected chi connectivity index (χ0v) is 11.2. The Morgan fingerprint density at radius 2 is 1.60 bits per heavy atom. The summed E-state index contributed by atoms with van der Waals surface area (Å²) < 4.78 is 67.3. The molecule has 0 amide bonds. The molecule has 0 aliphatic carbocycles. The second-order valence-electron chi connectivity index (χ2n) is 3.69. The first-order valence-electron chi connectivity index (χ1n) is 5.14. The second kappa shape index (κ2) is 5.34. The molecule has 0 saturated heterocycles. The molecule has 0 bridgehead atoms. The molecule has 0 aliphatic rings. The Balaban J connectivity index is 2.38. The van der Waals surface area contributed by atoms with Crippen LogP contribution in [0.25, 0.3) is 0 Å². The van der Waals surface area contributed by atoms with Crippen molar-refractivity contribution in [3.05, 3.63) is 58.9 Å². The molecule has 20 heavy (non-hydrogen) atoms. The van der Waals surface area contributed by atoms with E-state index in [2.05, 4.69) is 4.18 Å². The molecule has 0 radical (unpaired) electrons. The highest BCUT2D eigenvalue weighted by atomic mass is 35.5. The van der Waals surface area contributed by atoms with Crippen molar-refractivity contribution in [1.29, 1.82) is 0 Å². The molecule has 0 heterocycles. The Bertz CT molecular complexity index is 763. The van der Waals surface area contributed by atoms with Crippen LogP contribution in [0.1, 0.15) is 0 Å². The number of halogens is 4. The van der Waals surface area contributed by atoms with Crippen LogP contribution in [-0.4, -0.2) is 8.42 Å². The maximum Gasteiger partial charge on any atom is 0.342 e. The highest BCUT2D eigenvalue weighted by Gasteiger charge is 2.22. The largest absolute Gasteiger partial charge is 0.379 e. The molecule has 0 aliphatic heterocycles. The van der Waals surface area contributed by atoms with E-state index in [1.54, 1.807) is 0 Å². The van der Waals surface area contributed by atoms with E-state index in [4.69, 9.17) is 11.6 Å². The summed E-state index contributed by atoms with van der Waals surface area (Å²) in [5.41, 5.74) is 0. The molecular formula is C12H6ClF3O3S. The van der Waals surface area contributed by atoms with E-state index in [0.29, 0.717) is 12.1 Å². The maximum absolute atomic E-state index is 13.5. The van der Waals surface area contributed by atoms with Gasteiger partial charge in [0.1, 0.15) is 16.5 Å². The number of hydrogen-bond acceptors (Lipinski definition) is 3. The first-order chi connectivity index (χ1) is 9.29. The van der Waals surface area contributed by atoms with Crippen molar-refractivity contribution in [1.82, 2.24) is 0 Å². The van der Waals surface area contributed by atoms with Gasteiger partial charge in [0.05, 0.1) is 0 Å². The standard InChI is InChI=1S/C12H6ClF3O3S/c13-7-1-4-12(11(16)5-7)20(17,18)19-8-2-3-9(14)10(15)6-8/h1-6H. The normalized spacial score (nSPS) is 11.4. The fraction of sp³-hybridized carbons (Fsp3) is 0. The highest BCUT2D eigenvalue weighted by molar-refractivity contribution is 7.87. The van der Waals surface area contributed by atoms with Gasteiger partial charge in [0.2, 0.25) is 0 Å². The fourth-order valence-corrected chi connectivity index (χ4v) is 2.52. The minimum Gasteiger partial charge on any atom is -0.379 e. The summed E-state index contributed by atoms with van der Waals surface area (Å²) in [4.78, 5) is -0.758. The summed E-state index contributed by atoms with van der Waals surface area (Å²) in [6.07, 6.45) is 0. The molecule has 0 aromatic heterocycles. The lowest BCUT2D eigenvalue weighted by molar-refractivity contribution is 0.466. The Morgan fingerprint density at radius 3 is 2.20 bits per heavy atom. The van der Waals surface area contributed by atoms with Crippen molar-refractivity contribution >= 4 is 21.7 Å². The van der Waals surface area contributed by atoms with Gasteiger partial charge in [-0.05, 0) is 30.3 Å². The van der Waals surface area contributed by atoms with E-state index in [0.717, 1.165) is 24.3 Å². The molecule has 3 nitrogen and oxygen atoms in total. The quantitative estimate of drug-likeness (QED) is 0.812. The van der Waals surface area contributed by atoms with Crippen LogP contribution >= 0.6 is 11.6 Å². The summed E-state index contributed by atoms with van der Waals surface area (Å²) in [6, 6.07) is 5.00. The molecule has 106 valence electrons. The molecule has 2 aromatic carbocycles. The van der Waals surface area contributed by atoms with Gasteiger partial charge in [-0.2, -0.15) is 8.42 Å². The third-order valence-electron chi connectivity index (χ3n) is 2.26. The monoisotopic (exact) mass is 322 g/mol. The Labute approximate surface area is 117 Å². The summed E-state index contributed by atoms with van der Waals surface area (Å²) in [6.45, 7) is 0. The van der Waals surface area contributed by atoms with E-state index in [-0.39, 0.29) is 5.02 Å². The summed E-state index contributed by atoms with van der Waals surface area (Å²) in [7, 11) is -4.51. The van der Waals surface area contributed by atoms with E-state index in [1.807, 2.05) is 0 Å². The molecule has 0 atom stereocenters. The highest BCUT2D eigenvalue weighted by Crippen LogP contribution is 2.24. The number of benzene rings is 2. The first kappa shape index (κ1) is 14.7. The van der Waals surface area contributed by atoms with Gasteiger partial charge in [-0.15, -0.1) is 0 Å². The number of rotatable bonds is 3. The molecule has 0 fully saturated rings. The van der Waals surface area contributed by atoms with Gasteiger partial charge in [-0.25, -0.2) is 13.2 Å². The zero-order valence-electron chi connectivity index (χ0n) is 9.61. The molecule has 8 heteroatoms. The van der Waals surface area contributed by atoms with E-state index in [9.17, 15) is 21.6 Å². The van der Waals surface area contributed by atoms with Crippen molar-refractivity contribution in [2.45, 2.75) is 4.90 Å². The SMILES string of the molecule is O=S(=O)(Oc1ccc(F)c(F)c1)c1ccc(Cl)cc1F. The van der Waals surface area contributed by atoms with E-state index < -0.39 is 38.2 Å². The maximum atomic E-state index is 13.5. The van der Waals surface area contributed by atoms with Gasteiger partial charge in [-0.3, -0.25) is 0 Å². The Hall–Kier alpha value is -1.73. The van der Waals surface area contributed by atoms with Crippen LogP contribution in [0.15, 0.2) is 41.3 Å². The summed E-state index contributed by atoms with van der Waals surface area (Å²) in [5.74, 6) is -4.03. The van der Waals surface area contributed by atoms with Crippen LogP contribution in [0.3, 0.4) is 0 Å². The van der Waals surface area contributed by atoms with Crippen LogP contribution in [-0.2, 0) is 10.1 Å². The lowest BCUT2D eigenvalue weighted by Crippen LogP contribution is -2.11. The lowest BCUT2D eigenvalue weighted by atomic mass is 10.3. The van der Waals surface area contributed by atoms with Crippen molar-refractivity contribution < 1.29 is 25.8 Å². The Kier molecular flexibility index (Phi) is 3.92. The van der Waals surface area contributed by atoms with Gasteiger partial charge < -0.3 is 4.18 Å². The number of hydrogen-bond donors (Lipinski definition) is 0. The summed E-state index contributed by atoms with van der Waals surface area (Å²) >= 11 is 5.50. The van der Waals surface area contributed by atoms with Crippen LogP contribution in [0.2, 0.25) is 5.02 Å². The van der Waals surface area contributed by atoms with E-state index >= 15 is 0 Å². The predicted octanol–water partition coefficient (Wildman–Crippen LogP) is 3.53.